The summed E-state index contributed by atoms with van der Waals surface area (Å²) in [6.07, 6.45) is 3.79. The van der Waals surface area contributed by atoms with Gasteiger partial charge in [0.15, 0.2) is 0 Å². The molecule has 0 spiro atoms. The van der Waals surface area contributed by atoms with Gasteiger partial charge in [-0.2, -0.15) is 0 Å². The van der Waals surface area contributed by atoms with Gasteiger partial charge in [0.05, 0.1) is 19.1 Å². The van der Waals surface area contributed by atoms with Crippen molar-refractivity contribution >= 4 is 11.7 Å². The van der Waals surface area contributed by atoms with Gasteiger partial charge in [-0.3, -0.25) is 0 Å². The van der Waals surface area contributed by atoms with Crippen LogP contribution in [-0.2, 0) is 0 Å². The number of methoxy groups -OCH3 is 1. The fourth-order valence-corrected chi connectivity index (χ4v) is 5.85. The van der Waals surface area contributed by atoms with E-state index >= 15 is 0 Å². The number of carbonyl (C=O) groups is 1. The summed E-state index contributed by atoms with van der Waals surface area (Å²) in [7, 11) is 1.68. The Hall–Kier alpha value is -2.49. The second-order valence-corrected chi connectivity index (χ2v) is 7.89. The Morgan fingerprint density at radius 1 is 1.15 bits per heavy atom. The SMILES string of the molecule is COc1cccc([C@@H]2Nc3c(C(=O)[O-])cccc3[C@H]3[C@H]4CC[C@H](C4)[C@@H]32)c1. The summed E-state index contributed by atoms with van der Waals surface area (Å²) >= 11 is 0. The molecular weight excluding hydrogens is 326 g/mol. The number of hydrogen-bond acceptors (Lipinski definition) is 4. The van der Waals surface area contributed by atoms with E-state index in [9.17, 15) is 9.90 Å². The van der Waals surface area contributed by atoms with E-state index < -0.39 is 5.97 Å². The highest BCUT2D eigenvalue weighted by Crippen LogP contribution is 2.64. The molecule has 3 aliphatic rings. The molecule has 2 aromatic rings. The van der Waals surface area contributed by atoms with Crippen LogP contribution in [0.2, 0.25) is 0 Å². The first-order chi connectivity index (χ1) is 12.7. The zero-order valence-corrected chi connectivity index (χ0v) is 14.8. The number of benzene rings is 2. The summed E-state index contributed by atoms with van der Waals surface area (Å²) in [4.78, 5) is 11.7. The highest BCUT2D eigenvalue weighted by Gasteiger charge is 2.54. The number of anilines is 1. The van der Waals surface area contributed by atoms with Crippen molar-refractivity contribution in [2.45, 2.75) is 31.2 Å². The summed E-state index contributed by atoms with van der Waals surface area (Å²) < 4.78 is 5.42. The van der Waals surface area contributed by atoms with Crippen LogP contribution < -0.4 is 15.2 Å². The lowest BCUT2D eigenvalue weighted by Gasteiger charge is -2.44. The van der Waals surface area contributed by atoms with Gasteiger partial charge in [0, 0.05) is 11.3 Å². The van der Waals surface area contributed by atoms with Crippen molar-refractivity contribution in [1.82, 2.24) is 0 Å². The average Bonchev–Trinajstić information content (AvgIpc) is 3.29. The second kappa shape index (κ2) is 5.76. The molecule has 134 valence electrons. The Labute approximate surface area is 153 Å². The highest BCUT2D eigenvalue weighted by molar-refractivity contribution is 5.94. The maximum atomic E-state index is 11.7. The van der Waals surface area contributed by atoms with Gasteiger partial charge in [-0.05, 0) is 66.2 Å². The molecule has 1 N–H and O–H groups in total. The first-order valence-electron chi connectivity index (χ1n) is 9.42. The Bertz CT molecular complexity index is 877. The first kappa shape index (κ1) is 15.7. The monoisotopic (exact) mass is 348 g/mol. The van der Waals surface area contributed by atoms with Gasteiger partial charge in [-0.15, -0.1) is 0 Å². The van der Waals surface area contributed by atoms with Crippen molar-refractivity contribution in [3.63, 3.8) is 0 Å². The number of carbonyl (C=O) groups excluding carboxylic acids is 1. The van der Waals surface area contributed by atoms with E-state index in [1.807, 2.05) is 18.2 Å². The number of ether oxygens (including phenoxy) is 1. The lowest BCUT2D eigenvalue weighted by atomic mass is 9.67. The number of nitrogens with one attached hydrogen (secondary N) is 1. The normalized spacial score (nSPS) is 31.0. The minimum Gasteiger partial charge on any atom is -0.545 e. The molecule has 2 saturated carbocycles. The van der Waals surface area contributed by atoms with Gasteiger partial charge in [-0.25, -0.2) is 0 Å². The molecule has 2 bridgehead atoms. The molecule has 26 heavy (non-hydrogen) atoms. The number of fused-ring (bicyclic) bond motifs is 7. The minimum absolute atomic E-state index is 0.110. The number of carboxylic acid groups (broad SMARTS) is 1. The van der Waals surface area contributed by atoms with Crippen LogP contribution in [0, 0.1) is 17.8 Å². The number of carboxylic acids is 1. The van der Waals surface area contributed by atoms with Gasteiger partial charge >= 0.3 is 0 Å². The quantitative estimate of drug-likeness (QED) is 0.924. The van der Waals surface area contributed by atoms with Gasteiger partial charge in [0.1, 0.15) is 5.75 Å². The van der Waals surface area contributed by atoms with E-state index in [0.29, 0.717) is 23.7 Å². The fourth-order valence-electron chi connectivity index (χ4n) is 5.85. The van der Waals surface area contributed by atoms with E-state index in [-0.39, 0.29) is 11.6 Å². The van der Waals surface area contributed by atoms with E-state index in [0.717, 1.165) is 11.4 Å². The van der Waals surface area contributed by atoms with Crippen molar-refractivity contribution in [2.24, 2.45) is 17.8 Å². The number of aromatic carboxylic acids is 1. The van der Waals surface area contributed by atoms with Crippen LogP contribution in [-0.4, -0.2) is 13.1 Å². The molecule has 5 atom stereocenters. The highest BCUT2D eigenvalue weighted by atomic mass is 16.5. The molecule has 4 nitrogen and oxygen atoms in total. The van der Waals surface area contributed by atoms with Crippen LogP contribution in [0.1, 0.15) is 52.7 Å². The van der Waals surface area contributed by atoms with Gasteiger partial charge in [-0.1, -0.05) is 30.3 Å². The zero-order valence-electron chi connectivity index (χ0n) is 14.8. The first-order valence-corrected chi connectivity index (χ1v) is 9.42. The van der Waals surface area contributed by atoms with Gasteiger partial charge < -0.3 is 20.0 Å². The lowest BCUT2D eigenvalue weighted by Crippen LogP contribution is -2.37. The molecule has 1 aliphatic heterocycles. The molecular formula is C22H22NO3-. The third-order valence-corrected chi connectivity index (χ3v) is 6.79. The zero-order chi connectivity index (χ0) is 17.8. The third-order valence-electron chi connectivity index (χ3n) is 6.79. The number of para-hydroxylation sites is 1. The predicted octanol–water partition coefficient (Wildman–Crippen LogP) is 3.36. The van der Waals surface area contributed by atoms with E-state index in [1.54, 1.807) is 13.2 Å². The Morgan fingerprint density at radius 2 is 1.96 bits per heavy atom. The van der Waals surface area contributed by atoms with E-state index in [4.69, 9.17) is 4.74 Å². The predicted molar refractivity (Wildman–Crippen MR) is 97.2 cm³/mol. The Balaban J connectivity index is 1.66. The smallest absolute Gasteiger partial charge is 0.119 e. The maximum absolute atomic E-state index is 11.7. The molecule has 0 saturated heterocycles. The van der Waals surface area contributed by atoms with Crippen LogP contribution in [0.5, 0.6) is 5.75 Å². The maximum Gasteiger partial charge on any atom is 0.119 e. The van der Waals surface area contributed by atoms with Gasteiger partial charge in [0.25, 0.3) is 0 Å². The van der Waals surface area contributed by atoms with Crippen molar-refractivity contribution in [1.29, 1.82) is 0 Å². The van der Waals surface area contributed by atoms with Crippen molar-refractivity contribution in [3.8, 4) is 5.75 Å². The molecule has 0 radical (unpaired) electrons. The molecule has 1 heterocycles. The summed E-state index contributed by atoms with van der Waals surface area (Å²) in [5, 5.41) is 15.3. The minimum atomic E-state index is -1.11. The van der Waals surface area contributed by atoms with E-state index in [1.165, 1.54) is 30.4 Å². The molecule has 0 aromatic heterocycles. The summed E-state index contributed by atoms with van der Waals surface area (Å²) in [5.74, 6) is 2.03. The van der Waals surface area contributed by atoms with Gasteiger partial charge in [0.2, 0.25) is 0 Å². The molecule has 2 aliphatic carbocycles. The number of rotatable bonds is 3. The lowest BCUT2D eigenvalue weighted by molar-refractivity contribution is -0.254. The average molecular weight is 348 g/mol. The standard InChI is InChI=1S/C22H23NO3/c1-26-15-5-2-4-14(11-15)20-19-13-9-8-12(10-13)18(19)16-6-3-7-17(22(24)25)21(16)23-20/h2-7,11-13,18-20,23H,8-10H2,1H3,(H,24,25)/p-1/t12-,13+,18+,19-,20-/m0/s1. The molecule has 4 heteroatoms. The summed E-state index contributed by atoms with van der Waals surface area (Å²) in [6.45, 7) is 0. The third kappa shape index (κ3) is 2.17. The molecule has 0 amide bonds. The summed E-state index contributed by atoms with van der Waals surface area (Å²) in [6, 6.07) is 13.9. The molecule has 2 fully saturated rings. The van der Waals surface area contributed by atoms with Crippen LogP contribution >= 0.6 is 0 Å². The summed E-state index contributed by atoms with van der Waals surface area (Å²) in [5.41, 5.74) is 3.37. The fraction of sp³-hybridized carbons (Fsp3) is 0.409. The molecule has 2 aromatic carbocycles. The van der Waals surface area contributed by atoms with Crippen molar-refractivity contribution < 1.29 is 14.6 Å². The molecule has 0 unspecified atom stereocenters. The van der Waals surface area contributed by atoms with E-state index in [2.05, 4.69) is 23.5 Å². The van der Waals surface area contributed by atoms with Crippen molar-refractivity contribution in [2.75, 3.05) is 12.4 Å². The largest absolute Gasteiger partial charge is 0.545 e. The van der Waals surface area contributed by atoms with Crippen LogP contribution in [0.25, 0.3) is 0 Å². The Morgan fingerprint density at radius 3 is 2.77 bits per heavy atom. The van der Waals surface area contributed by atoms with Crippen LogP contribution in [0.3, 0.4) is 0 Å². The number of hydrogen-bond donors (Lipinski definition) is 1. The van der Waals surface area contributed by atoms with Crippen LogP contribution in [0.4, 0.5) is 5.69 Å². The van der Waals surface area contributed by atoms with Crippen LogP contribution in [0.15, 0.2) is 42.5 Å². The molecule has 5 rings (SSSR count). The second-order valence-electron chi connectivity index (χ2n) is 7.89. The topological polar surface area (TPSA) is 61.4 Å². The Kier molecular flexibility index (Phi) is 3.49. The van der Waals surface area contributed by atoms with Crippen molar-refractivity contribution in [3.05, 3.63) is 59.2 Å².